The van der Waals surface area contributed by atoms with Crippen molar-refractivity contribution in [2.75, 3.05) is 32.1 Å². The van der Waals surface area contributed by atoms with Gasteiger partial charge < -0.3 is 39.1 Å². The van der Waals surface area contributed by atoms with Crippen LogP contribution in [0.15, 0.2) is 51.8 Å². The molecule has 8 rings (SSSR count). The number of anilines is 1. The number of oxazole rings is 1. The molecule has 3 saturated heterocycles. The van der Waals surface area contributed by atoms with Gasteiger partial charge in [-0.2, -0.15) is 9.29 Å². The van der Waals surface area contributed by atoms with Crippen molar-refractivity contribution in [2.45, 2.75) is 94.0 Å². The van der Waals surface area contributed by atoms with Crippen LogP contribution in [0.25, 0.3) is 11.1 Å². The quantitative estimate of drug-likeness (QED) is 0.220. The van der Waals surface area contributed by atoms with Crippen molar-refractivity contribution >= 4 is 33.2 Å². The molecular weight excluding hydrogens is 652 g/mol. The van der Waals surface area contributed by atoms with E-state index in [9.17, 15) is 18.3 Å². The summed E-state index contributed by atoms with van der Waals surface area (Å²) in [5, 5.41) is 17.9. The zero-order valence-electron chi connectivity index (χ0n) is 28.1. The number of nitrogens with zero attached hydrogens (tertiary/aromatic N) is 2. The highest BCUT2D eigenvalue weighted by Gasteiger charge is 2.50. The highest BCUT2D eigenvalue weighted by Crippen LogP contribution is 2.44. The Labute approximate surface area is 286 Å². The third-order valence-electron chi connectivity index (χ3n) is 9.91. The molecule has 3 aliphatic heterocycles. The van der Waals surface area contributed by atoms with Crippen LogP contribution >= 0.6 is 0 Å². The van der Waals surface area contributed by atoms with E-state index >= 15 is 0 Å². The lowest BCUT2D eigenvalue weighted by atomic mass is 9.96. The molecule has 266 valence electrons. The third-order valence-corrected chi connectivity index (χ3v) is 11.7. The van der Waals surface area contributed by atoms with Crippen LogP contribution in [-0.2, 0) is 30.7 Å². The van der Waals surface area contributed by atoms with E-state index in [0.29, 0.717) is 41.4 Å². The van der Waals surface area contributed by atoms with Crippen LogP contribution < -0.4 is 15.4 Å². The fourth-order valence-corrected chi connectivity index (χ4v) is 8.83. The van der Waals surface area contributed by atoms with E-state index in [-0.39, 0.29) is 48.6 Å². The van der Waals surface area contributed by atoms with Crippen LogP contribution in [0.5, 0.6) is 5.75 Å². The number of sulfonamides is 1. The van der Waals surface area contributed by atoms with E-state index in [2.05, 4.69) is 15.6 Å². The number of aliphatic hydroxyl groups excluding tert-OH is 1. The summed E-state index contributed by atoms with van der Waals surface area (Å²) in [6.07, 6.45) is 1.94. The number of methoxy groups -OCH3 is 1. The first-order valence-corrected chi connectivity index (χ1v) is 18.7. The van der Waals surface area contributed by atoms with Crippen LogP contribution in [0, 0.1) is 17.8 Å². The predicted octanol–water partition coefficient (Wildman–Crippen LogP) is 4.30. The number of carbonyl (C=O) groups is 1. The van der Waals surface area contributed by atoms with Gasteiger partial charge in [0.2, 0.25) is 10.0 Å². The van der Waals surface area contributed by atoms with E-state index in [1.165, 1.54) is 16.4 Å². The molecule has 49 heavy (non-hydrogen) atoms. The number of fused-ring (bicyclic) bond motifs is 3. The van der Waals surface area contributed by atoms with Crippen molar-refractivity contribution in [3.05, 3.63) is 48.0 Å². The minimum atomic E-state index is -4.10. The van der Waals surface area contributed by atoms with Gasteiger partial charge in [-0.25, -0.2) is 13.2 Å². The molecule has 0 spiro atoms. The second kappa shape index (κ2) is 14.1. The number of ether oxygens (including phenoxy) is 4. The minimum Gasteiger partial charge on any atom is -0.497 e. The predicted molar refractivity (Wildman–Crippen MR) is 180 cm³/mol. The van der Waals surface area contributed by atoms with Crippen molar-refractivity contribution in [3.63, 3.8) is 0 Å². The number of aliphatic hydroxyl groups is 1. The number of hydrogen-bond donors (Lipinski definition) is 3. The number of hydrogen-bond acceptors (Lipinski definition) is 11. The summed E-state index contributed by atoms with van der Waals surface area (Å²) in [5.74, 6) is 0.888. The fourth-order valence-electron chi connectivity index (χ4n) is 7.19. The Morgan fingerprint density at radius 2 is 1.92 bits per heavy atom. The Bertz CT molecular complexity index is 1730. The van der Waals surface area contributed by atoms with Crippen molar-refractivity contribution in [1.82, 2.24) is 14.6 Å². The van der Waals surface area contributed by atoms with Crippen molar-refractivity contribution in [3.8, 4) is 5.75 Å². The number of amides is 1. The molecule has 2 saturated carbocycles. The molecule has 2 aromatic carbocycles. The monoisotopic (exact) mass is 698 g/mol. The molecule has 3 aromatic rings. The molecule has 2 aliphatic carbocycles. The van der Waals surface area contributed by atoms with Gasteiger partial charge in [0.25, 0.3) is 6.01 Å². The Balaban J connectivity index is 1.11. The molecule has 0 radical (unpaired) electrons. The minimum absolute atomic E-state index is 0.0175. The highest BCUT2D eigenvalue weighted by molar-refractivity contribution is 7.89. The first-order valence-electron chi connectivity index (χ1n) is 17.3. The molecule has 13 nitrogen and oxygen atoms in total. The van der Waals surface area contributed by atoms with Crippen molar-refractivity contribution < 1.29 is 41.7 Å². The van der Waals surface area contributed by atoms with E-state index < -0.39 is 34.4 Å². The summed E-state index contributed by atoms with van der Waals surface area (Å²) in [7, 11) is -2.53. The average Bonchev–Trinajstić information content (AvgIpc) is 3.77. The van der Waals surface area contributed by atoms with Crippen LogP contribution in [0.2, 0.25) is 0 Å². The lowest BCUT2D eigenvalue weighted by molar-refractivity contribution is -0.139. The van der Waals surface area contributed by atoms with Gasteiger partial charge in [-0.3, -0.25) is 0 Å². The topological polar surface area (TPSA) is 162 Å². The van der Waals surface area contributed by atoms with Crippen LogP contribution in [0.4, 0.5) is 10.8 Å². The number of benzene rings is 2. The second-order valence-electron chi connectivity index (χ2n) is 14.2. The average molecular weight is 699 g/mol. The molecule has 5 fully saturated rings. The highest BCUT2D eigenvalue weighted by atomic mass is 32.2. The zero-order chi connectivity index (χ0) is 34.3. The lowest BCUT2D eigenvalue weighted by Gasteiger charge is -2.32. The van der Waals surface area contributed by atoms with Crippen molar-refractivity contribution in [2.24, 2.45) is 17.8 Å². The maximum Gasteiger partial charge on any atom is 0.407 e. The lowest BCUT2D eigenvalue weighted by Crippen LogP contribution is -2.52. The molecular formula is C35H46N4O9S. The Morgan fingerprint density at radius 1 is 1.10 bits per heavy atom. The van der Waals surface area contributed by atoms with Gasteiger partial charge in [-0.15, -0.1) is 0 Å². The fraction of sp³-hybridized carbons (Fsp3) is 0.600. The first-order chi connectivity index (χ1) is 23.5. The number of carbonyl (C=O) groups excluding carboxylic acids is 1. The van der Waals surface area contributed by atoms with Gasteiger partial charge >= 0.3 is 6.09 Å². The Kier molecular flexibility index (Phi) is 9.77. The van der Waals surface area contributed by atoms with Gasteiger partial charge in [0.1, 0.15) is 17.4 Å². The third kappa shape index (κ3) is 7.68. The molecule has 1 amide bonds. The summed E-state index contributed by atoms with van der Waals surface area (Å²) in [6.45, 7) is 4.16. The van der Waals surface area contributed by atoms with E-state index in [1.54, 1.807) is 13.2 Å². The largest absolute Gasteiger partial charge is 0.497 e. The summed E-state index contributed by atoms with van der Waals surface area (Å²) < 4.78 is 58.8. The van der Waals surface area contributed by atoms with E-state index in [0.717, 1.165) is 37.7 Å². The molecule has 14 heteroatoms. The van der Waals surface area contributed by atoms with E-state index in [1.807, 2.05) is 38.1 Å². The smallest absolute Gasteiger partial charge is 0.407 e. The maximum atomic E-state index is 14.2. The number of rotatable bonds is 14. The summed E-state index contributed by atoms with van der Waals surface area (Å²) in [5.41, 5.74) is 1.69. The standard InChI is InChI=1S/C35H46N4O9S/c1-20(2)17-39(49(42,43)26-11-12-27-30(16-26)47-34(37-27)36-24-9-10-24)18-29(40)28(14-21-5-4-6-25(13-21)44-3)38-35(41)48-32-23-8-7-22-15-31(32)46-33(22)45-19-23/h4-6,11-13,16,20,22-24,28-29,31-33,40H,7-10,14-15,17-19H2,1-3H3,(H,36,37)(H,38,41)/t22?,23?,28-,29+,31?,32?,33?/m0/s1. The number of aromatic nitrogens is 1. The Morgan fingerprint density at radius 3 is 2.69 bits per heavy atom. The summed E-state index contributed by atoms with van der Waals surface area (Å²) in [6, 6.07) is 11.7. The molecule has 4 heterocycles. The van der Waals surface area contributed by atoms with Crippen LogP contribution in [-0.4, -0.2) is 92.4 Å². The van der Waals surface area contributed by atoms with Gasteiger partial charge in [0.15, 0.2) is 11.9 Å². The number of alkyl carbamates (subject to hydrolysis) is 1. The molecule has 7 atom stereocenters. The van der Waals surface area contributed by atoms with Crippen LogP contribution in [0.1, 0.15) is 51.5 Å². The van der Waals surface area contributed by atoms with Gasteiger partial charge in [0.05, 0.1) is 36.9 Å². The second-order valence-corrected chi connectivity index (χ2v) is 16.2. The zero-order valence-corrected chi connectivity index (χ0v) is 28.9. The van der Waals surface area contributed by atoms with E-state index in [4.69, 9.17) is 23.4 Å². The first kappa shape index (κ1) is 34.0. The summed E-state index contributed by atoms with van der Waals surface area (Å²) in [4.78, 5) is 18.0. The Hall–Kier alpha value is -3.43. The summed E-state index contributed by atoms with van der Waals surface area (Å²) >= 11 is 0. The molecule has 3 N–H and O–H groups in total. The van der Waals surface area contributed by atoms with Gasteiger partial charge in [-0.1, -0.05) is 26.0 Å². The maximum absolute atomic E-state index is 14.2. The molecule has 4 bridgehead atoms. The SMILES string of the molecule is COc1cccc(C[C@H](NC(=O)OC2C3CCC4CC2OC4OC3)[C@H](O)CN(CC(C)C)S(=O)(=O)c2ccc3nc(NC4CC4)oc3c2)c1. The normalized spacial score (nSPS) is 26.1. The van der Waals surface area contributed by atoms with Gasteiger partial charge in [0, 0.05) is 37.0 Å². The van der Waals surface area contributed by atoms with Crippen LogP contribution in [0.3, 0.4) is 0 Å². The number of nitrogens with one attached hydrogen (secondary N) is 2. The van der Waals surface area contributed by atoms with Gasteiger partial charge in [-0.05, 0) is 74.3 Å². The molecule has 5 aliphatic rings. The molecule has 1 aromatic heterocycles. The molecule has 5 unspecified atom stereocenters. The van der Waals surface area contributed by atoms with Crippen molar-refractivity contribution in [1.29, 1.82) is 0 Å².